The van der Waals surface area contributed by atoms with E-state index in [1.807, 2.05) is 0 Å². The molecule has 5 nitrogen and oxygen atoms in total. The average Bonchev–Trinajstić information content (AvgIpc) is 2.42. The molecule has 0 aromatic heterocycles. The standard InChI is InChI=1S/C10H18N2O3/c1-15-10(14)4-2-6-12-7-3-5-11-9(13)8-12/h2-8H2,1H3,(H,11,13). The van der Waals surface area contributed by atoms with Gasteiger partial charge in [0.1, 0.15) is 0 Å². The van der Waals surface area contributed by atoms with Gasteiger partial charge in [-0.2, -0.15) is 0 Å². The third-order valence-electron chi connectivity index (χ3n) is 2.42. The Kier molecular flexibility index (Phi) is 5.10. The molecule has 0 aliphatic carbocycles. The Balaban J connectivity index is 2.19. The van der Waals surface area contributed by atoms with Crippen molar-refractivity contribution in [3.05, 3.63) is 0 Å². The van der Waals surface area contributed by atoms with E-state index in [0.29, 0.717) is 13.0 Å². The maximum absolute atomic E-state index is 11.2. The van der Waals surface area contributed by atoms with Crippen LogP contribution in [0.15, 0.2) is 0 Å². The lowest BCUT2D eigenvalue weighted by Crippen LogP contribution is -2.33. The molecule has 1 fully saturated rings. The maximum Gasteiger partial charge on any atom is 0.305 e. The number of nitrogens with one attached hydrogen (secondary N) is 1. The molecular weight excluding hydrogens is 196 g/mol. The number of hydrogen-bond acceptors (Lipinski definition) is 4. The highest BCUT2D eigenvalue weighted by Crippen LogP contribution is 2.00. The van der Waals surface area contributed by atoms with E-state index in [9.17, 15) is 9.59 Å². The van der Waals surface area contributed by atoms with Crippen LogP contribution in [-0.4, -0.2) is 50.1 Å². The Bertz CT molecular complexity index is 231. The number of carbonyl (C=O) groups is 2. The second kappa shape index (κ2) is 6.40. The van der Waals surface area contributed by atoms with Gasteiger partial charge >= 0.3 is 5.97 Å². The van der Waals surface area contributed by atoms with Crippen LogP contribution in [0, 0.1) is 0 Å². The van der Waals surface area contributed by atoms with Crippen molar-refractivity contribution in [1.82, 2.24) is 10.2 Å². The van der Waals surface area contributed by atoms with Crippen LogP contribution in [0.2, 0.25) is 0 Å². The molecule has 5 heteroatoms. The number of carbonyl (C=O) groups excluding carboxylic acids is 2. The molecule has 0 aromatic carbocycles. The lowest BCUT2D eigenvalue weighted by molar-refractivity contribution is -0.140. The van der Waals surface area contributed by atoms with Crippen molar-refractivity contribution in [2.45, 2.75) is 19.3 Å². The van der Waals surface area contributed by atoms with Gasteiger partial charge < -0.3 is 10.1 Å². The molecule has 1 amide bonds. The fourth-order valence-corrected chi connectivity index (χ4v) is 1.61. The first kappa shape index (κ1) is 12.0. The van der Waals surface area contributed by atoms with E-state index < -0.39 is 0 Å². The first-order valence-corrected chi connectivity index (χ1v) is 5.28. The molecular formula is C10H18N2O3. The molecule has 1 saturated heterocycles. The van der Waals surface area contributed by atoms with Crippen LogP contribution in [0.3, 0.4) is 0 Å². The van der Waals surface area contributed by atoms with Gasteiger partial charge in [0.05, 0.1) is 13.7 Å². The second-order valence-corrected chi connectivity index (χ2v) is 3.66. The summed E-state index contributed by atoms with van der Waals surface area (Å²) >= 11 is 0. The van der Waals surface area contributed by atoms with Gasteiger partial charge in [-0.15, -0.1) is 0 Å². The number of amides is 1. The third-order valence-corrected chi connectivity index (χ3v) is 2.42. The third kappa shape index (κ3) is 4.78. The number of methoxy groups -OCH3 is 1. The molecule has 0 radical (unpaired) electrons. The first-order chi connectivity index (χ1) is 7.22. The highest BCUT2D eigenvalue weighted by atomic mass is 16.5. The molecule has 0 atom stereocenters. The van der Waals surface area contributed by atoms with Gasteiger partial charge in [0.15, 0.2) is 0 Å². The normalized spacial score (nSPS) is 18.1. The zero-order valence-electron chi connectivity index (χ0n) is 9.12. The van der Waals surface area contributed by atoms with Crippen LogP contribution < -0.4 is 5.32 Å². The van der Waals surface area contributed by atoms with Crippen LogP contribution in [0.4, 0.5) is 0 Å². The van der Waals surface area contributed by atoms with Crippen LogP contribution >= 0.6 is 0 Å². The summed E-state index contributed by atoms with van der Waals surface area (Å²) in [5.74, 6) is -0.111. The van der Waals surface area contributed by atoms with Crippen molar-refractivity contribution in [3.63, 3.8) is 0 Å². The number of esters is 1. The lowest BCUT2D eigenvalue weighted by atomic mass is 10.3. The maximum atomic E-state index is 11.2. The SMILES string of the molecule is COC(=O)CCCN1CCCNC(=O)C1. The summed E-state index contributed by atoms with van der Waals surface area (Å²) in [4.78, 5) is 24.1. The first-order valence-electron chi connectivity index (χ1n) is 5.28. The van der Waals surface area contributed by atoms with Gasteiger partial charge in [0.25, 0.3) is 0 Å². The van der Waals surface area contributed by atoms with E-state index in [-0.39, 0.29) is 11.9 Å². The molecule has 1 aliphatic rings. The van der Waals surface area contributed by atoms with Crippen molar-refractivity contribution in [2.24, 2.45) is 0 Å². The monoisotopic (exact) mass is 214 g/mol. The topological polar surface area (TPSA) is 58.6 Å². The minimum Gasteiger partial charge on any atom is -0.469 e. The molecule has 0 aromatic rings. The van der Waals surface area contributed by atoms with Gasteiger partial charge in [0, 0.05) is 19.5 Å². The highest BCUT2D eigenvalue weighted by Gasteiger charge is 2.14. The minimum atomic E-state index is -0.186. The Morgan fingerprint density at radius 1 is 1.60 bits per heavy atom. The van der Waals surface area contributed by atoms with Crippen molar-refractivity contribution < 1.29 is 14.3 Å². The molecule has 0 saturated carbocycles. The lowest BCUT2D eigenvalue weighted by Gasteiger charge is -2.17. The van der Waals surface area contributed by atoms with E-state index in [1.165, 1.54) is 7.11 Å². The number of hydrogen-bond donors (Lipinski definition) is 1. The fourth-order valence-electron chi connectivity index (χ4n) is 1.61. The van der Waals surface area contributed by atoms with E-state index in [2.05, 4.69) is 15.0 Å². The molecule has 86 valence electrons. The highest BCUT2D eigenvalue weighted by molar-refractivity contribution is 5.78. The van der Waals surface area contributed by atoms with Crippen molar-refractivity contribution in [2.75, 3.05) is 33.3 Å². The fraction of sp³-hybridized carbons (Fsp3) is 0.800. The molecule has 1 aliphatic heterocycles. The van der Waals surface area contributed by atoms with E-state index in [1.54, 1.807) is 0 Å². The van der Waals surface area contributed by atoms with Gasteiger partial charge in [-0.05, 0) is 19.4 Å². The molecule has 0 bridgehead atoms. The molecule has 0 spiro atoms. The summed E-state index contributed by atoms with van der Waals surface area (Å²) in [5, 5.41) is 2.81. The minimum absolute atomic E-state index is 0.0746. The Hall–Kier alpha value is -1.10. The zero-order chi connectivity index (χ0) is 11.1. The summed E-state index contributed by atoms with van der Waals surface area (Å²) in [5.41, 5.74) is 0. The summed E-state index contributed by atoms with van der Waals surface area (Å²) in [6.45, 7) is 2.90. The van der Waals surface area contributed by atoms with Crippen LogP contribution in [0.25, 0.3) is 0 Å². The summed E-state index contributed by atoms with van der Waals surface area (Å²) in [6, 6.07) is 0. The number of rotatable bonds is 4. The zero-order valence-corrected chi connectivity index (χ0v) is 9.12. The van der Waals surface area contributed by atoms with Crippen LogP contribution in [0.5, 0.6) is 0 Å². The smallest absolute Gasteiger partial charge is 0.305 e. The van der Waals surface area contributed by atoms with E-state index >= 15 is 0 Å². The largest absolute Gasteiger partial charge is 0.469 e. The Morgan fingerprint density at radius 3 is 3.13 bits per heavy atom. The molecule has 15 heavy (non-hydrogen) atoms. The Morgan fingerprint density at radius 2 is 2.40 bits per heavy atom. The Labute approximate surface area is 89.8 Å². The average molecular weight is 214 g/mol. The van der Waals surface area contributed by atoms with Crippen molar-refractivity contribution in [3.8, 4) is 0 Å². The summed E-state index contributed by atoms with van der Waals surface area (Å²) in [7, 11) is 1.39. The van der Waals surface area contributed by atoms with Gasteiger partial charge in [-0.25, -0.2) is 0 Å². The quantitative estimate of drug-likeness (QED) is 0.656. The predicted molar refractivity (Wildman–Crippen MR) is 55.3 cm³/mol. The molecule has 0 unspecified atom stereocenters. The van der Waals surface area contributed by atoms with Crippen LogP contribution in [0.1, 0.15) is 19.3 Å². The van der Waals surface area contributed by atoms with Gasteiger partial charge in [0.2, 0.25) is 5.91 Å². The van der Waals surface area contributed by atoms with Gasteiger partial charge in [-0.3, -0.25) is 14.5 Å². The molecule has 1 heterocycles. The summed E-state index contributed by atoms with van der Waals surface area (Å²) in [6.07, 6.45) is 2.15. The molecule has 1 N–H and O–H groups in total. The van der Waals surface area contributed by atoms with Crippen LogP contribution in [-0.2, 0) is 14.3 Å². The van der Waals surface area contributed by atoms with E-state index in [0.717, 1.165) is 32.5 Å². The summed E-state index contributed by atoms with van der Waals surface area (Å²) < 4.78 is 4.55. The van der Waals surface area contributed by atoms with Gasteiger partial charge in [-0.1, -0.05) is 0 Å². The number of nitrogens with zero attached hydrogens (tertiary/aromatic N) is 1. The van der Waals surface area contributed by atoms with E-state index in [4.69, 9.17) is 0 Å². The predicted octanol–water partition coefficient (Wildman–Crippen LogP) is -0.238. The molecule has 1 rings (SSSR count). The number of ether oxygens (including phenoxy) is 1. The second-order valence-electron chi connectivity index (χ2n) is 3.66. The van der Waals surface area contributed by atoms with Crippen molar-refractivity contribution >= 4 is 11.9 Å². The van der Waals surface area contributed by atoms with Crippen molar-refractivity contribution in [1.29, 1.82) is 0 Å².